The summed E-state index contributed by atoms with van der Waals surface area (Å²) in [6.07, 6.45) is 13.5. The predicted octanol–water partition coefficient (Wildman–Crippen LogP) is 4.70. The molecule has 1 fully saturated rings. The molecule has 10 N–H and O–H groups in total. The zero-order valence-corrected chi connectivity index (χ0v) is 41.6. The lowest BCUT2D eigenvalue weighted by molar-refractivity contribution is -0.137. The van der Waals surface area contributed by atoms with E-state index in [0.717, 1.165) is 73.9 Å². The normalized spacial score (nSPS) is 20.2. The number of anilines is 1. The number of aromatic nitrogens is 4. The number of amides is 2. The van der Waals surface area contributed by atoms with Crippen LogP contribution in [0.2, 0.25) is 0 Å². The predicted molar refractivity (Wildman–Crippen MR) is 247 cm³/mol. The van der Waals surface area contributed by atoms with Crippen molar-refractivity contribution >= 4 is 69.1 Å². The summed E-state index contributed by atoms with van der Waals surface area (Å²) in [5, 5.41) is 26.7. The zero-order valence-electron chi connectivity index (χ0n) is 38.1. The third kappa shape index (κ3) is 21.9. The highest BCUT2D eigenvalue weighted by molar-refractivity contribution is 8.13. The molecule has 0 aliphatic carbocycles. The number of carbonyl (C=O) groups excluding carboxylic acids is 3. The number of phosphoric ester groups is 3. The summed E-state index contributed by atoms with van der Waals surface area (Å²) in [6, 6.07) is 0. The molecule has 1 aliphatic heterocycles. The van der Waals surface area contributed by atoms with Crippen molar-refractivity contribution in [3.63, 3.8) is 0 Å². The van der Waals surface area contributed by atoms with E-state index in [1.807, 2.05) is 0 Å². The highest BCUT2D eigenvalue weighted by Crippen LogP contribution is 2.61. The number of unbranched alkanes of at least 4 members (excludes halogenated alkanes) is 11. The Kier molecular flexibility index (Phi) is 25.2. The summed E-state index contributed by atoms with van der Waals surface area (Å²) in [5.41, 5.74) is 4.29. The molecule has 67 heavy (non-hydrogen) atoms. The van der Waals surface area contributed by atoms with E-state index < -0.39 is 84.6 Å². The first-order valence-corrected chi connectivity index (χ1v) is 27.8. The fourth-order valence-electron chi connectivity index (χ4n) is 6.71. The highest BCUT2D eigenvalue weighted by atomic mass is 32.2. The molecule has 2 aromatic rings. The molecule has 24 nitrogen and oxygen atoms in total. The van der Waals surface area contributed by atoms with Gasteiger partial charge in [-0.25, -0.2) is 28.6 Å². The van der Waals surface area contributed by atoms with Gasteiger partial charge in [0, 0.05) is 37.1 Å². The lowest BCUT2D eigenvalue weighted by Crippen LogP contribution is -2.46. The van der Waals surface area contributed by atoms with Crippen molar-refractivity contribution in [2.75, 3.05) is 37.8 Å². The smallest absolute Gasteiger partial charge is 0.386 e. The van der Waals surface area contributed by atoms with E-state index in [1.54, 1.807) is 0 Å². The maximum atomic E-state index is 12.7. The number of nitrogens with zero attached hydrogens (tertiary/aromatic N) is 4. The van der Waals surface area contributed by atoms with E-state index in [9.17, 15) is 57.9 Å². The van der Waals surface area contributed by atoms with Crippen LogP contribution in [0.4, 0.5) is 5.82 Å². The molecule has 0 bridgehead atoms. The first-order valence-electron chi connectivity index (χ1n) is 22.3. The average Bonchev–Trinajstić information content (AvgIpc) is 3.81. The number of thioether (sulfide) groups is 1. The van der Waals surface area contributed by atoms with Gasteiger partial charge < -0.3 is 50.9 Å². The van der Waals surface area contributed by atoms with E-state index in [-0.39, 0.29) is 41.6 Å². The maximum Gasteiger partial charge on any atom is 0.481 e. The van der Waals surface area contributed by atoms with Crippen LogP contribution in [0.25, 0.3) is 11.2 Å². The fraction of sp³-hybridized carbons (Fsp3) is 0.744. The molecule has 3 heterocycles. The summed E-state index contributed by atoms with van der Waals surface area (Å²) in [5.74, 6) is -1.03. The van der Waals surface area contributed by atoms with Gasteiger partial charge in [0.25, 0.3) is 0 Å². The third-order valence-electron chi connectivity index (χ3n) is 10.4. The number of allylic oxidation sites excluding steroid dienone is 2. The van der Waals surface area contributed by atoms with E-state index in [4.69, 9.17) is 19.5 Å². The van der Waals surface area contributed by atoms with Crippen LogP contribution in [-0.2, 0) is 50.7 Å². The minimum atomic E-state index is -5.58. The van der Waals surface area contributed by atoms with Crippen LogP contribution in [0.3, 0.4) is 0 Å². The summed E-state index contributed by atoms with van der Waals surface area (Å²) >= 11 is 1.15. The average molecular weight is 1030 g/mol. The van der Waals surface area contributed by atoms with Crippen LogP contribution >= 0.6 is 35.2 Å². The Hall–Kier alpha value is -2.70. The minimum absolute atomic E-state index is 0.0331. The van der Waals surface area contributed by atoms with Gasteiger partial charge in [-0.05, 0) is 32.1 Å². The number of nitrogens with one attached hydrogen (secondary N) is 2. The molecular weight excluding hydrogens is 963 g/mol. The minimum Gasteiger partial charge on any atom is -0.386 e. The molecule has 2 amide bonds. The van der Waals surface area contributed by atoms with E-state index in [0.29, 0.717) is 12.2 Å². The lowest BCUT2D eigenvalue weighted by atomic mass is 9.87. The Bertz CT molecular complexity index is 2040. The molecule has 0 radical (unpaired) electrons. The summed E-state index contributed by atoms with van der Waals surface area (Å²) in [7, 11) is -16.4. The number of carbonyl (C=O) groups is 3. The second-order valence-corrected chi connectivity index (χ2v) is 22.0. The lowest BCUT2D eigenvalue weighted by Gasteiger charge is -2.30. The molecule has 28 heteroatoms. The molecule has 2 aromatic heterocycles. The number of rotatable bonds is 34. The Balaban J connectivity index is 1.30. The number of nitrogen functional groups attached to an aromatic ring is 1. The van der Waals surface area contributed by atoms with Gasteiger partial charge in [-0.3, -0.25) is 32.5 Å². The monoisotopic (exact) mass is 1030 g/mol. The molecule has 0 spiro atoms. The number of nitrogens with two attached hydrogens (primary N) is 1. The molecule has 0 saturated carbocycles. The third-order valence-corrected chi connectivity index (χ3v) is 14.4. The number of hydrogen-bond acceptors (Lipinski definition) is 18. The number of fused-ring (bicyclic) bond motifs is 1. The number of hydrogen-bond donors (Lipinski definition) is 9. The molecule has 3 rings (SSSR count). The molecule has 7 unspecified atom stereocenters. The first-order chi connectivity index (χ1) is 31.6. The largest absolute Gasteiger partial charge is 0.481 e. The number of phosphoric acid groups is 3. The summed E-state index contributed by atoms with van der Waals surface area (Å²) in [4.78, 5) is 88.3. The van der Waals surface area contributed by atoms with Crippen molar-refractivity contribution in [3.05, 3.63) is 24.8 Å². The van der Waals surface area contributed by atoms with Crippen molar-refractivity contribution < 1.29 is 80.5 Å². The molecule has 1 aliphatic rings. The second-order valence-electron chi connectivity index (χ2n) is 16.6. The summed E-state index contributed by atoms with van der Waals surface area (Å²) < 4.78 is 62.4. The van der Waals surface area contributed by atoms with Crippen LogP contribution in [0.5, 0.6) is 0 Å². The molecule has 7 atom stereocenters. The molecular formula is C39H68N7O17P3S. The van der Waals surface area contributed by atoms with Crippen molar-refractivity contribution in [1.82, 2.24) is 30.2 Å². The van der Waals surface area contributed by atoms with Crippen LogP contribution in [0.1, 0.15) is 123 Å². The number of aliphatic hydroxyl groups excluding tert-OH is 2. The number of ether oxygens (including phenoxy) is 1. The Morgan fingerprint density at radius 3 is 2.18 bits per heavy atom. The van der Waals surface area contributed by atoms with Gasteiger partial charge in [-0.15, -0.1) is 0 Å². The van der Waals surface area contributed by atoms with E-state index >= 15 is 0 Å². The Morgan fingerprint density at radius 1 is 0.896 bits per heavy atom. The standard InChI is InChI=1S/C39H68N7O17P3S/c1-4-5-6-7-8-9-10-11-12-13-14-15-16-17-18-19-30(48)67-23-22-41-29(47)20-21-42-37(51)34(50)39(2,3)25-60-66(57,58)63-65(55,56)59-24-28-33(62-64(52,53)54)32(49)38(61-28)46-27-45-31-35(40)43-26-44-36(31)46/h11-12,26-28,32-34,38,49-50H,4-10,13-25H2,1-3H3,(H,41,47)(H,42,51)(H,55,56)(H,57,58)(H2,40,43,44)(H2,52,53,54). The summed E-state index contributed by atoms with van der Waals surface area (Å²) in [6.45, 7) is 2.79. The quantitative estimate of drug-likeness (QED) is 0.0260. The topological polar surface area (TPSA) is 364 Å². The van der Waals surface area contributed by atoms with Gasteiger partial charge in [0.05, 0.1) is 19.5 Å². The van der Waals surface area contributed by atoms with E-state index in [2.05, 4.69) is 53.5 Å². The molecule has 0 aromatic carbocycles. The van der Waals surface area contributed by atoms with Gasteiger partial charge in [-0.2, -0.15) is 4.31 Å². The number of imidazole rings is 1. The molecule has 382 valence electrons. The van der Waals surface area contributed by atoms with E-state index in [1.165, 1.54) is 52.4 Å². The zero-order chi connectivity index (χ0) is 49.7. The van der Waals surface area contributed by atoms with Crippen LogP contribution in [-0.4, -0.2) is 123 Å². The maximum absolute atomic E-state index is 12.7. The van der Waals surface area contributed by atoms with Crippen molar-refractivity contribution in [3.8, 4) is 0 Å². The van der Waals surface area contributed by atoms with Crippen molar-refractivity contribution in [1.29, 1.82) is 0 Å². The van der Waals surface area contributed by atoms with Crippen molar-refractivity contribution in [2.45, 2.75) is 148 Å². The van der Waals surface area contributed by atoms with Gasteiger partial charge in [0.1, 0.15) is 36.3 Å². The first kappa shape index (κ1) is 58.6. The highest BCUT2D eigenvalue weighted by Gasteiger charge is 2.50. The van der Waals surface area contributed by atoms with Gasteiger partial charge in [0.2, 0.25) is 11.8 Å². The number of aliphatic hydroxyl groups is 2. The van der Waals surface area contributed by atoms with Gasteiger partial charge in [-0.1, -0.05) is 96.1 Å². The van der Waals surface area contributed by atoms with Gasteiger partial charge in [0.15, 0.2) is 22.8 Å². The Labute approximate surface area is 394 Å². The van der Waals surface area contributed by atoms with Crippen LogP contribution in [0, 0.1) is 5.41 Å². The van der Waals surface area contributed by atoms with Gasteiger partial charge >= 0.3 is 23.5 Å². The Morgan fingerprint density at radius 2 is 1.52 bits per heavy atom. The second kappa shape index (κ2) is 28.8. The molecule has 1 saturated heterocycles. The SMILES string of the molecule is CCCCCCCCC=CCCCCCCCC(=O)SCCNC(=O)CCNC(=O)C(O)C(C)(C)COP(=O)(O)OP(=O)(O)OCC1OC(n2cnc3c(N)ncnc32)C(O)C1OP(=O)(O)O. The fourth-order valence-corrected chi connectivity index (χ4v) is 10.3. The van der Waals surface area contributed by atoms with Crippen LogP contribution < -0.4 is 16.4 Å². The van der Waals surface area contributed by atoms with Crippen molar-refractivity contribution in [2.24, 2.45) is 5.41 Å². The van der Waals surface area contributed by atoms with Crippen LogP contribution in [0.15, 0.2) is 24.8 Å².